The summed E-state index contributed by atoms with van der Waals surface area (Å²) in [7, 11) is 0. The minimum absolute atomic E-state index is 0.0942. The van der Waals surface area contributed by atoms with E-state index in [1.807, 2.05) is 61.5 Å². The minimum atomic E-state index is -0.699. The summed E-state index contributed by atoms with van der Waals surface area (Å²) in [5, 5.41) is 5.87. The molecule has 7 nitrogen and oxygen atoms in total. The monoisotopic (exact) mass is 436 g/mol. The van der Waals surface area contributed by atoms with Gasteiger partial charge >= 0.3 is 0 Å². The summed E-state index contributed by atoms with van der Waals surface area (Å²) >= 11 is 0. The average Bonchev–Trinajstić information content (AvgIpc) is 2.80. The van der Waals surface area contributed by atoms with Crippen LogP contribution in [-0.2, 0) is 20.8 Å². The van der Waals surface area contributed by atoms with Gasteiger partial charge in [-0.05, 0) is 44.4 Å². The molecule has 1 saturated heterocycles. The van der Waals surface area contributed by atoms with Crippen molar-refractivity contribution in [3.63, 3.8) is 0 Å². The number of anilines is 1. The maximum Gasteiger partial charge on any atom is 0.247 e. The van der Waals surface area contributed by atoms with E-state index >= 15 is 0 Å². The summed E-state index contributed by atoms with van der Waals surface area (Å²) in [6.07, 6.45) is 1.51. The van der Waals surface area contributed by atoms with E-state index < -0.39 is 12.1 Å². The number of amides is 3. The van der Waals surface area contributed by atoms with Crippen molar-refractivity contribution in [1.29, 1.82) is 0 Å². The van der Waals surface area contributed by atoms with Crippen molar-refractivity contribution in [3.8, 4) is 0 Å². The van der Waals surface area contributed by atoms with Crippen molar-refractivity contribution in [2.75, 3.05) is 18.4 Å². The van der Waals surface area contributed by atoms with Crippen molar-refractivity contribution in [2.45, 2.75) is 45.2 Å². The first kappa shape index (κ1) is 23.5. The van der Waals surface area contributed by atoms with E-state index in [9.17, 15) is 14.4 Å². The van der Waals surface area contributed by atoms with Gasteiger partial charge in [-0.2, -0.15) is 0 Å². The lowest BCUT2D eigenvalue weighted by Gasteiger charge is -2.33. The Hall–Kier alpha value is -3.19. The average molecular weight is 437 g/mol. The number of aryl methyl sites for hydroxylation is 1. The van der Waals surface area contributed by atoms with E-state index in [2.05, 4.69) is 10.6 Å². The first-order valence-corrected chi connectivity index (χ1v) is 11.1. The molecule has 0 aromatic heterocycles. The largest absolute Gasteiger partial charge is 0.344 e. The Bertz CT molecular complexity index is 920. The van der Waals surface area contributed by atoms with Crippen LogP contribution in [0.15, 0.2) is 54.6 Å². The summed E-state index contributed by atoms with van der Waals surface area (Å²) in [5.74, 6) is -0.741. The minimum Gasteiger partial charge on any atom is -0.344 e. The van der Waals surface area contributed by atoms with Crippen LogP contribution in [0.5, 0.6) is 0 Å². The van der Waals surface area contributed by atoms with Gasteiger partial charge in [0, 0.05) is 31.1 Å². The molecule has 0 unspecified atom stereocenters. The maximum atomic E-state index is 13.0. The Labute approximate surface area is 189 Å². The van der Waals surface area contributed by atoms with E-state index in [-0.39, 0.29) is 23.6 Å². The van der Waals surface area contributed by atoms with Gasteiger partial charge in [-0.1, -0.05) is 48.0 Å². The third-order valence-electron chi connectivity index (χ3n) is 5.80. The Morgan fingerprint density at radius 3 is 2.25 bits per heavy atom. The van der Waals surface area contributed by atoms with E-state index in [0.717, 1.165) is 11.1 Å². The van der Waals surface area contributed by atoms with Crippen molar-refractivity contribution >= 4 is 23.4 Å². The predicted octanol–water partition coefficient (Wildman–Crippen LogP) is 2.25. The van der Waals surface area contributed by atoms with Crippen molar-refractivity contribution in [1.82, 2.24) is 10.2 Å². The van der Waals surface area contributed by atoms with Gasteiger partial charge in [-0.25, -0.2) is 0 Å². The van der Waals surface area contributed by atoms with Gasteiger partial charge in [0.25, 0.3) is 0 Å². The molecule has 0 saturated carbocycles. The third kappa shape index (κ3) is 6.40. The lowest BCUT2D eigenvalue weighted by Crippen LogP contribution is -2.51. The second-order valence-corrected chi connectivity index (χ2v) is 8.49. The quantitative estimate of drug-likeness (QED) is 0.619. The zero-order valence-electron chi connectivity index (χ0n) is 18.7. The van der Waals surface area contributed by atoms with Gasteiger partial charge in [-0.15, -0.1) is 0 Å². The van der Waals surface area contributed by atoms with Crippen LogP contribution in [0.25, 0.3) is 0 Å². The van der Waals surface area contributed by atoms with Gasteiger partial charge < -0.3 is 21.3 Å². The number of hydrogen-bond donors (Lipinski definition) is 3. The zero-order valence-corrected chi connectivity index (χ0v) is 18.7. The summed E-state index contributed by atoms with van der Waals surface area (Å²) in [6, 6.07) is 15.9. The summed E-state index contributed by atoms with van der Waals surface area (Å²) < 4.78 is 0. The second-order valence-electron chi connectivity index (χ2n) is 8.49. The highest BCUT2D eigenvalue weighted by Crippen LogP contribution is 2.19. The van der Waals surface area contributed by atoms with Crippen LogP contribution in [0, 0.1) is 12.8 Å². The van der Waals surface area contributed by atoms with Crippen LogP contribution < -0.4 is 16.4 Å². The number of rotatable bonds is 7. The topological polar surface area (TPSA) is 105 Å². The molecule has 2 atom stereocenters. The summed E-state index contributed by atoms with van der Waals surface area (Å²) in [5.41, 5.74) is 8.45. The van der Waals surface area contributed by atoms with Crippen LogP contribution in [0.4, 0.5) is 5.69 Å². The lowest BCUT2D eigenvalue weighted by atomic mass is 9.94. The Kier molecular flexibility index (Phi) is 8.00. The Balaban J connectivity index is 1.65. The fourth-order valence-corrected chi connectivity index (χ4v) is 3.86. The van der Waals surface area contributed by atoms with Gasteiger partial charge in [0.15, 0.2) is 0 Å². The molecule has 0 bridgehead atoms. The number of carbonyl (C=O) groups is 3. The van der Waals surface area contributed by atoms with Crippen LogP contribution in [0.1, 0.15) is 30.9 Å². The predicted molar refractivity (Wildman–Crippen MR) is 125 cm³/mol. The van der Waals surface area contributed by atoms with Gasteiger partial charge in [0.1, 0.15) is 6.04 Å². The molecule has 7 heteroatoms. The SMILES string of the molecule is Cc1ccc(NC(=O)[C@H](Cc2ccccc2)NC(=O)C2CCN(C(=O)[C@H](C)N)CC2)cc1. The molecule has 170 valence electrons. The van der Waals surface area contributed by atoms with Crippen LogP contribution in [0.3, 0.4) is 0 Å². The molecule has 1 aliphatic heterocycles. The second kappa shape index (κ2) is 10.9. The summed E-state index contributed by atoms with van der Waals surface area (Å²) in [4.78, 5) is 39.8. The molecule has 4 N–H and O–H groups in total. The van der Waals surface area contributed by atoms with Crippen molar-refractivity contribution in [2.24, 2.45) is 11.7 Å². The van der Waals surface area contributed by atoms with Crippen LogP contribution in [-0.4, -0.2) is 47.8 Å². The molecule has 3 amide bonds. The maximum absolute atomic E-state index is 13.0. The van der Waals surface area contributed by atoms with E-state index in [0.29, 0.717) is 38.0 Å². The molecular weight excluding hydrogens is 404 g/mol. The Morgan fingerprint density at radius 2 is 1.66 bits per heavy atom. The normalized spacial score (nSPS) is 16.2. The molecule has 32 heavy (non-hydrogen) atoms. The molecule has 0 aliphatic carbocycles. The van der Waals surface area contributed by atoms with E-state index in [4.69, 9.17) is 5.73 Å². The molecule has 3 rings (SSSR count). The molecule has 2 aromatic carbocycles. The smallest absolute Gasteiger partial charge is 0.247 e. The highest BCUT2D eigenvalue weighted by Gasteiger charge is 2.31. The van der Waals surface area contributed by atoms with Crippen molar-refractivity contribution in [3.05, 3.63) is 65.7 Å². The molecule has 2 aromatic rings. The molecule has 0 radical (unpaired) electrons. The molecule has 1 fully saturated rings. The number of nitrogens with zero attached hydrogens (tertiary/aromatic N) is 1. The van der Waals surface area contributed by atoms with Crippen LogP contribution in [0.2, 0.25) is 0 Å². The zero-order chi connectivity index (χ0) is 23.1. The van der Waals surface area contributed by atoms with E-state index in [1.165, 1.54) is 0 Å². The molecule has 0 spiro atoms. The Morgan fingerprint density at radius 1 is 1.03 bits per heavy atom. The summed E-state index contributed by atoms with van der Waals surface area (Å²) in [6.45, 7) is 4.65. The number of piperidine rings is 1. The lowest BCUT2D eigenvalue weighted by molar-refractivity contribution is -0.136. The number of likely N-dealkylation sites (tertiary alicyclic amines) is 1. The third-order valence-corrected chi connectivity index (χ3v) is 5.80. The van der Waals surface area contributed by atoms with E-state index in [1.54, 1.807) is 11.8 Å². The fourth-order valence-electron chi connectivity index (χ4n) is 3.86. The number of carbonyl (C=O) groups excluding carboxylic acids is 3. The van der Waals surface area contributed by atoms with Gasteiger partial charge in [0.2, 0.25) is 17.7 Å². The van der Waals surface area contributed by atoms with Crippen LogP contribution >= 0.6 is 0 Å². The molecule has 1 aliphatic rings. The number of hydrogen-bond acceptors (Lipinski definition) is 4. The van der Waals surface area contributed by atoms with Gasteiger partial charge in [-0.3, -0.25) is 14.4 Å². The number of nitrogens with one attached hydrogen (secondary N) is 2. The molecule has 1 heterocycles. The van der Waals surface area contributed by atoms with Crippen molar-refractivity contribution < 1.29 is 14.4 Å². The standard InChI is InChI=1S/C25H32N4O3/c1-17-8-10-21(11-9-17)27-24(31)22(16-19-6-4-3-5-7-19)28-23(30)20-12-14-29(15-13-20)25(32)18(2)26/h3-11,18,20,22H,12-16,26H2,1-2H3,(H,27,31)(H,28,30)/t18-,22-/m0/s1. The first-order chi connectivity index (χ1) is 15.3. The highest BCUT2D eigenvalue weighted by molar-refractivity contribution is 5.97. The number of nitrogens with two attached hydrogens (primary N) is 1. The molecular formula is C25H32N4O3. The number of benzene rings is 2. The van der Waals surface area contributed by atoms with Gasteiger partial charge in [0.05, 0.1) is 6.04 Å². The fraction of sp³-hybridized carbons (Fsp3) is 0.400. The highest BCUT2D eigenvalue weighted by atomic mass is 16.2. The first-order valence-electron chi connectivity index (χ1n) is 11.1.